The Balaban J connectivity index is 2.01. The molecule has 0 unspecified atom stereocenters. The third-order valence-corrected chi connectivity index (χ3v) is 4.75. The van der Waals surface area contributed by atoms with Gasteiger partial charge in [-0.2, -0.15) is 0 Å². The number of aliphatic hydroxyl groups excluding tert-OH is 4. The standard InChI is InChI=1S/C19H22O10/c1-7(21)3-9-4-10(22)14-8(2)18(11(23)5-12(14)27-9)29-19-17(26)16(25)15(24)13(6-20)28-19/h4-5,13,15-17,19-20,23-26H,3,6H2,1-2H3/t13-,15-,16+,17-,19+/m1/s1. The van der Waals surface area contributed by atoms with E-state index in [1.807, 2.05) is 0 Å². The number of Topliss-reactive ketones (excluding diaryl/α,β-unsaturated/α-hetero) is 1. The lowest BCUT2D eigenvalue weighted by atomic mass is 9.99. The number of phenols is 1. The number of aryl methyl sites for hydroxylation is 1. The molecule has 0 radical (unpaired) electrons. The highest BCUT2D eigenvalue weighted by atomic mass is 16.7. The number of ketones is 1. The molecule has 0 spiro atoms. The highest BCUT2D eigenvalue weighted by Crippen LogP contribution is 2.37. The molecule has 0 aliphatic carbocycles. The first-order chi connectivity index (χ1) is 13.6. The summed E-state index contributed by atoms with van der Waals surface area (Å²) in [5.41, 5.74) is -0.233. The van der Waals surface area contributed by atoms with Crippen LogP contribution in [0.5, 0.6) is 11.5 Å². The van der Waals surface area contributed by atoms with Crippen molar-refractivity contribution in [3.05, 3.63) is 33.7 Å². The first kappa shape index (κ1) is 21.2. The maximum absolute atomic E-state index is 12.5. The highest BCUT2D eigenvalue weighted by molar-refractivity contribution is 5.85. The van der Waals surface area contributed by atoms with Gasteiger partial charge < -0.3 is 39.4 Å². The number of hydrogen-bond donors (Lipinski definition) is 5. The van der Waals surface area contributed by atoms with Gasteiger partial charge in [0.1, 0.15) is 41.5 Å². The maximum atomic E-state index is 12.5. The predicted molar refractivity (Wildman–Crippen MR) is 97.7 cm³/mol. The molecule has 10 nitrogen and oxygen atoms in total. The Bertz CT molecular complexity index is 979. The van der Waals surface area contributed by atoms with Crippen molar-refractivity contribution in [1.29, 1.82) is 0 Å². The molecule has 5 atom stereocenters. The van der Waals surface area contributed by atoms with E-state index in [1.165, 1.54) is 19.9 Å². The van der Waals surface area contributed by atoms with Crippen LogP contribution in [0, 0.1) is 6.92 Å². The van der Waals surface area contributed by atoms with Crippen LogP contribution in [0.25, 0.3) is 11.0 Å². The van der Waals surface area contributed by atoms with E-state index in [0.717, 1.165) is 6.07 Å². The first-order valence-electron chi connectivity index (χ1n) is 8.90. The lowest BCUT2D eigenvalue weighted by Crippen LogP contribution is -2.60. The van der Waals surface area contributed by atoms with Crippen LogP contribution < -0.4 is 10.2 Å². The lowest BCUT2D eigenvalue weighted by molar-refractivity contribution is -0.277. The third kappa shape index (κ3) is 3.98. The Morgan fingerprint density at radius 1 is 1.17 bits per heavy atom. The molecule has 2 heterocycles. The van der Waals surface area contributed by atoms with Gasteiger partial charge in [0.15, 0.2) is 16.9 Å². The zero-order valence-corrected chi connectivity index (χ0v) is 15.7. The summed E-state index contributed by atoms with van der Waals surface area (Å²) in [5, 5.41) is 49.5. The fraction of sp³-hybridized carbons (Fsp3) is 0.474. The van der Waals surface area contributed by atoms with E-state index in [0.29, 0.717) is 0 Å². The number of aromatic hydroxyl groups is 1. The van der Waals surface area contributed by atoms with Gasteiger partial charge in [-0.1, -0.05) is 0 Å². The Labute approximate surface area is 164 Å². The van der Waals surface area contributed by atoms with Crippen molar-refractivity contribution in [2.45, 2.75) is 51.0 Å². The van der Waals surface area contributed by atoms with Crippen LogP contribution in [-0.4, -0.2) is 68.6 Å². The molecular weight excluding hydrogens is 388 g/mol. The molecule has 2 aromatic rings. The molecular formula is C19H22O10. The minimum atomic E-state index is -1.68. The Kier molecular flexibility index (Phi) is 5.92. The van der Waals surface area contributed by atoms with E-state index in [1.54, 1.807) is 0 Å². The number of phenolic OH excluding ortho intramolecular Hbond substituents is 1. The molecule has 10 heteroatoms. The number of ether oxygens (including phenoxy) is 2. The zero-order valence-electron chi connectivity index (χ0n) is 15.7. The molecule has 29 heavy (non-hydrogen) atoms. The van der Waals surface area contributed by atoms with E-state index < -0.39 is 48.5 Å². The fourth-order valence-corrected chi connectivity index (χ4v) is 3.29. The van der Waals surface area contributed by atoms with Gasteiger partial charge in [-0.05, 0) is 13.8 Å². The molecule has 1 aliphatic rings. The van der Waals surface area contributed by atoms with E-state index in [4.69, 9.17) is 13.9 Å². The molecule has 1 saturated heterocycles. The minimum absolute atomic E-state index is 0.0462. The number of benzene rings is 1. The number of fused-ring (bicyclic) bond motifs is 1. The molecule has 1 aromatic heterocycles. The summed E-state index contributed by atoms with van der Waals surface area (Å²) in [6, 6.07) is 2.30. The second-order valence-electron chi connectivity index (χ2n) is 6.99. The van der Waals surface area contributed by atoms with Crippen LogP contribution in [0.4, 0.5) is 0 Å². The molecule has 0 bridgehead atoms. The van der Waals surface area contributed by atoms with Gasteiger partial charge in [0, 0.05) is 17.7 Å². The Morgan fingerprint density at radius 2 is 1.86 bits per heavy atom. The van der Waals surface area contributed by atoms with Crippen LogP contribution in [0.2, 0.25) is 0 Å². The molecule has 5 N–H and O–H groups in total. The molecule has 1 aliphatic heterocycles. The summed E-state index contributed by atoms with van der Waals surface area (Å²) in [5.74, 6) is -0.684. The summed E-state index contributed by atoms with van der Waals surface area (Å²) >= 11 is 0. The molecule has 158 valence electrons. The highest BCUT2D eigenvalue weighted by Gasteiger charge is 2.45. The smallest absolute Gasteiger partial charge is 0.229 e. The second kappa shape index (κ2) is 8.09. The fourth-order valence-electron chi connectivity index (χ4n) is 3.29. The van der Waals surface area contributed by atoms with Gasteiger partial charge in [-0.3, -0.25) is 9.59 Å². The van der Waals surface area contributed by atoms with E-state index in [2.05, 4.69) is 0 Å². The average molecular weight is 410 g/mol. The van der Waals surface area contributed by atoms with Crippen molar-refractivity contribution in [2.24, 2.45) is 0 Å². The van der Waals surface area contributed by atoms with E-state index in [9.17, 15) is 35.1 Å². The second-order valence-corrected chi connectivity index (χ2v) is 6.99. The Morgan fingerprint density at radius 3 is 2.48 bits per heavy atom. The first-order valence-corrected chi connectivity index (χ1v) is 8.90. The number of carbonyl (C=O) groups is 1. The quantitative estimate of drug-likeness (QED) is 0.417. The molecule has 0 saturated carbocycles. The van der Waals surface area contributed by atoms with Crippen LogP contribution in [-0.2, 0) is 16.0 Å². The topological polar surface area (TPSA) is 167 Å². The SMILES string of the molecule is CC(=O)Cc1cc(=O)c2c(C)c(O[C@@H]3O[C@H](CO)[C@@H](O)[C@H](O)[C@H]3O)c(O)cc2o1. The number of rotatable bonds is 5. The largest absolute Gasteiger partial charge is 0.504 e. The van der Waals surface area contributed by atoms with Gasteiger partial charge in [0.2, 0.25) is 6.29 Å². The number of aliphatic hydroxyl groups is 4. The summed E-state index contributed by atoms with van der Waals surface area (Å²) in [6.45, 7) is 2.18. The summed E-state index contributed by atoms with van der Waals surface area (Å²) in [7, 11) is 0. The van der Waals surface area contributed by atoms with Crippen LogP contribution in [0.1, 0.15) is 18.2 Å². The van der Waals surface area contributed by atoms with Gasteiger partial charge >= 0.3 is 0 Å². The summed E-state index contributed by atoms with van der Waals surface area (Å²) in [4.78, 5) is 23.8. The van der Waals surface area contributed by atoms with Crippen LogP contribution in [0.15, 0.2) is 21.3 Å². The summed E-state index contributed by atoms with van der Waals surface area (Å²) in [6.07, 6.45) is -7.71. The van der Waals surface area contributed by atoms with Crippen molar-refractivity contribution < 1.29 is 44.2 Å². The van der Waals surface area contributed by atoms with Crippen LogP contribution in [0.3, 0.4) is 0 Å². The summed E-state index contributed by atoms with van der Waals surface area (Å²) < 4.78 is 16.3. The monoisotopic (exact) mass is 410 g/mol. The van der Waals surface area contributed by atoms with Crippen molar-refractivity contribution in [3.63, 3.8) is 0 Å². The molecule has 3 rings (SSSR count). The van der Waals surface area contributed by atoms with E-state index >= 15 is 0 Å². The number of carbonyl (C=O) groups excluding carboxylic acids is 1. The number of hydrogen-bond acceptors (Lipinski definition) is 10. The predicted octanol–water partition coefficient (Wildman–Crippen LogP) is -0.883. The Hall–Kier alpha value is -2.50. The lowest BCUT2D eigenvalue weighted by Gasteiger charge is -2.39. The molecule has 1 aromatic carbocycles. The zero-order chi connectivity index (χ0) is 21.5. The van der Waals surface area contributed by atoms with Crippen molar-refractivity contribution in [2.75, 3.05) is 6.61 Å². The van der Waals surface area contributed by atoms with E-state index in [-0.39, 0.29) is 40.2 Å². The van der Waals surface area contributed by atoms with Crippen molar-refractivity contribution in [3.8, 4) is 11.5 Å². The van der Waals surface area contributed by atoms with Crippen LogP contribution >= 0.6 is 0 Å². The molecule has 1 fully saturated rings. The van der Waals surface area contributed by atoms with Gasteiger partial charge in [-0.25, -0.2) is 0 Å². The van der Waals surface area contributed by atoms with Gasteiger partial charge in [0.05, 0.1) is 18.4 Å². The third-order valence-electron chi connectivity index (χ3n) is 4.75. The average Bonchev–Trinajstić information content (AvgIpc) is 2.63. The maximum Gasteiger partial charge on any atom is 0.229 e. The van der Waals surface area contributed by atoms with Crippen molar-refractivity contribution in [1.82, 2.24) is 0 Å². The van der Waals surface area contributed by atoms with Crippen molar-refractivity contribution >= 4 is 16.8 Å². The van der Waals surface area contributed by atoms with Gasteiger partial charge in [-0.15, -0.1) is 0 Å². The molecule has 0 amide bonds. The van der Waals surface area contributed by atoms with Gasteiger partial charge in [0.25, 0.3) is 0 Å². The normalized spacial score (nSPS) is 27.2. The minimum Gasteiger partial charge on any atom is -0.504 e.